The van der Waals surface area contributed by atoms with Crippen LogP contribution in [0.15, 0.2) is 0 Å². The van der Waals surface area contributed by atoms with Gasteiger partial charge in [0.05, 0.1) is 0 Å². The summed E-state index contributed by atoms with van der Waals surface area (Å²) < 4.78 is 0. The van der Waals surface area contributed by atoms with Crippen LogP contribution in [0.2, 0.25) is 0 Å². The second kappa shape index (κ2) is 6.72. The highest BCUT2D eigenvalue weighted by molar-refractivity contribution is 4.90. The van der Waals surface area contributed by atoms with Crippen LogP contribution in [0.5, 0.6) is 0 Å². The first-order valence-electron chi connectivity index (χ1n) is 6.97. The number of nitrogens with zero attached hydrogens (tertiary/aromatic N) is 2. The fraction of sp³-hybridized carbons (Fsp3) is 1.00. The highest BCUT2D eigenvalue weighted by Gasteiger charge is 2.35. The Hall–Kier alpha value is -0.120. The fourth-order valence-electron chi connectivity index (χ4n) is 3.39. The topological polar surface area (TPSA) is 18.5 Å². The van der Waals surface area contributed by atoms with Crippen molar-refractivity contribution in [2.24, 2.45) is 17.8 Å². The molecule has 0 radical (unpaired) electrons. The SMILES string of the molecule is CNCC(C(C)C)C(C1CCN(C)C1)N(C)C. The molecule has 102 valence electrons. The summed E-state index contributed by atoms with van der Waals surface area (Å²) in [7, 11) is 8.81. The van der Waals surface area contributed by atoms with E-state index >= 15 is 0 Å². The molecular weight excluding hydrogens is 210 g/mol. The number of likely N-dealkylation sites (tertiary alicyclic amines) is 1. The summed E-state index contributed by atoms with van der Waals surface area (Å²) in [6, 6.07) is 0.701. The summed E-state index contributed by atoms with van der Waals surface area (Å²) in [4.78, 5) is 4.92. The van der Waals surface area contributed by atoms with Crippen LogP contribution >= 0.6 is 0 Å². The van der Waals surface area contributed by atoms with Gasteiger partial charge in [-0.15, -0.1) is 0 Å². The normalized spacial score (nSPS) is 25.8. The van der Waals surface area contributed by atoms with Crippen LogP contribution < -0.4 is 5.32 Å². The van der Waals surface area contributed by atoms with Crippen LogP contribution in [0.3, 0.4) is 0 Å². The fourth-order valence-corrected chi connectivity index (χ4v) is 3.39. The van der Waals surface area contributed by atoms with Gasteiger partial charge >= 0.3 is 0 Å². The van der Waals surface area contributed by atoms with Crippen LogP contribution in [0.4, 0.5) is 0 Å². The zero-order valence-corrected chi connectivity index (χ0v) is 12.5. The summed E-state index contributed by atoms with van der Waals surface area (Å²) in [5.74, 6) is 2.31. The smallest absolute Gasteiger partial charge is 0.0173 e. The van der Waals surface area contributed by atoms with Gasteiger partial charge in [-0.1, -0.05) is 13.8 Å². The Morgan fingerprint density at radius 3 is 2.35 bits per heavy atom. The number of rotatable bonds is 6. The minimum absolute atomic E-state index is 0.701. The van der Waals surface area contributed by atoms with E-state index in [2.05, 4.69) is 57.2 Å². The lowest BCUT2D eigenvalue weighted by Crippen LogP contribution is -2.47. The van der Waals surface area contributed by atoms with Gasteiger partial charge in [-0.05, 0) is 65.5 Å². The van der Waals surface area contributed by atoms with Gasteiger partial charge < -0.3 is 15.1 Å². The molecule has 3 atom stereocenters. The molecule has 1 aliphatic rings. The van der Waals surface area contributed by atoms with E-state index in [0.29, 0.717) is 6.04 Å². The summed E-state index contributed by atoms with van der Waals surface area (Å²) in [6.07, 6.45) is 1.35. The molecular formula is C14H31N3. The van der Waals surface area contributed by atoms with E-state index in [4.69, 9.17) is 0 Å². The Kier molecular flexibility index (Phi) is 5.90. The highest BCUT2D eigenvalue weighted by atomic mass is 15.2. The Morgan fingerprint density at radius 1 is 1.35 bits per heavy atom. The molecule has 0 spiro atoms. The number of hydrogen-bond acceptors (Lipinski definition) is 3. The van der Waals surface area contributed by atoms with Gasteiger partial charge in [0.25, 0.3) is 0 Å². The first-order valence-corrected chi connectivity index (χ1v) is 6.97. The van der Waals surface area contributed by atoms with Crippen molar-refractivity contribution < 1.29 is 0 Å². The predicted octanol–water partition coefficient (Wildman–Crippen LogP) is 1.36. The Balaban J connectivity index is 2.75. The molecule has 0 saturated carbocycles. The molecule has 1 fully saturated rings. The monoisotopic (exact) mass is 241 g/mol. The van der Waals surface area contributed by atoms with Crippen molar-refractivity contribution in [1.82, 2.24) is 15.1 Å². The minimum atomic E-state index is 0.701. The highest BCUT2D eigenvalue weighted by Crippen LogP contribution is 2.29. The third kappa shape index (κ3) is 3.94. The van der Waals surface area contributed by atoms with Gasteiger partial charge in [-0.3, -0.25) is 0 Å². The average Bonchev–Trinajstić information content (AvgIpc) is 2.63. The lowest BCUT2D eigenvalue weighted by atomic mass is 9.80. The second-order valence-corrected chi connectivity index (χ2v) is 6.23. The Bertz CT molecular complexity index is 216. The second-order valence-electron chi connectivity index (χ2n) is 6.23. The summed E-state index contributed by atoms with van der Waals surface area (Å²) in [5, 5.41) is 3.38. The predicted molar refractivity (Wildman–Crippen MR) is 75.3 cm³/mol. The first kappa shape index (κ1) is 14.9. The summed E-state index contributed by atoms with van der Waals surface area (Å²) in [5.41, 5.74) is 0. The van der Waals surface area contributed by atoms with E-state index in [1.54, 1.807) is 0 Å². The van der Waals surface area contributed by atoms with Crippen molar-refractivity contribution in [3.63, 3.8) is 0 Å². The van der Waals surface area contributed by atoms with Gasteiger partial charge in [0.15, 0.2) is 0 Å². The van der Waals surface area contributed by atoms with E-state index in [0.717, 1.165) is 24.3 Å². The molecule has 0 aromatic carbocycles. The van der Waals surface area contributed by atoms with Crippen molar-refractivity contribution in [2.75, 3.05) is 47.8 Å². The number of hydrogen-bond donors (Lipinski definition) is 1. The zero-order valence-electron chi connectivity index (χ0n) is 12.5. The van der Waals surface area contributed by atoms with Crippen LogP contribution in [0.1, 0.15) is 20.3 Å². The quantitative estimate of drug-likeness (QED) is 0.757. The molecule has 1 N–H and O–H groups in total. The lowest BCUT2D eigenvalue weighted by molar-refractivity contribution is 0.113. The average molecular weight is 241 g/mol. The first-order chi connectivity index (χ1) is 7.97. The lowest BCUT2D eigenvalue weighted by Gasteiger charge is -2.39. The van der Waals surface area contributed by atoms with Crippen LogP contribution in [-0.2, 0) is 0 Å². The summed E-state index contributed by atoms with van der Waals surface area (Å²) in [6.45, 7) is 8.37. The molecule has 0 aromatic rings. The molecule has 1 aliphatic heterocycles. The zero-order chi connectivity index (χ0) is 13.0. The minimum Gasteiger partial charge on any atom is -0.319 e. The van der Waals surface area contributed by atoms with Gasteiger partial charge in [0.1, 0.15) is 0 Å². The molecule has 3 nitrogen and oxygen atoms in total. The Morgan fingerprint density at radius 2 is 2.00 bits per heavy atom. The van der Waals surface area contributed by atoms with Crippen LogP contribution in [0, 0.1) is 17.8 Å². The van der Waals surface area contributed by atoms with Crippen molar-refractivity contribution >= 4 is 0 Å². The van der Waals surface area contributed by atoms with Gasteiger partial charge in [-0.2, -0.15) is 0 Å². The van der Waals surface area contributed by atoms with E-state index in [1.807, 2.05) is 0 Å². The van der Waals surface area contributed by atoms with E-state index < -0.39 is 0 Å². The van der Waals surface area contributed by atoms with E-state index in [9.17, 15) is 0 Å². The molecule has 0 aromatic heterocycles. The maximum Gasteiger partial charge on any atom is 0.0173 e. The molecule has 17 heavy (non-hydrogen) atoms. The van der Waals surface area contributed by atoms with E-state index in [1.165, 1.54) is 19.5 Å². The molecule has 3 heteroatoms. The third-order valence-corrected chi connectivity index (χ3v) is 4.24. The largest absolute Gasteiger partial charge is 0.319 e. The number of nitrogens with one attached hydrogen (secondary N) is 1. The molecule has 3 unspecified atom stereocenters. The molecule has 1 heterocycles. The van der Waals surface area contributed by atoms with E-state index in [-0.39, 0.29) is 0 Å². The third-order valence-electron chi connectivity index (χ3n) is 4.24. The van der Waals surface area contributed by atoms with Gasteiger partial charge in [-0.25, -0.2) is 0 Å². The maximum atomic E-state index is 3.38. The Labute approximate surface area is 108 Å². The van der Waals surface area contributed by atoms with Gasteiger partial charge in [0, 0.05) is 12.6 Å². The molecule has 1 rings (SSSR count). The molecule has 0 bridgehead atoms. The van der Waals surface area contributed by atoms with Crippen molar-refractivity contribution in [1.29, 1.82) is 0 Å². The van der Waals surface area contributed by atoms with Crippen LogP contribution in [-0.4, -0.2) is 63.7 Å². The van der Waals surface area contributed by atoms with Gasteiger partial charge in [0.2, 0.25) is 0 Å². The van der Waals surface area contributed by atoms with Crippen LogP contribution in [0.25, 0.3) is 0 Å². The summed E-state index contributed by atoms with van der Waals surface area (Å²) >= 11 is 0. The van der Waals surface area contributed by atoms with Crippen molar-refractivity contribution in [3.05, 3.63) is 0 Å². The molecule has 0 aliphatic carbocycles. The maximum absolute atomic E-state index is 3.38. The molecule has 1 saturated heterocycles. The van der Waals surface area contributed by atoms with Crippen molar-refractivity contribution in [2.45, 2.75) is 26.3 Å². The van der Waals surface area contributed by atoms with Crippen molar-refractivity contribution in [3.8, 4) is 0 Å². The standard InChI is InChI=1S/C14H31N3/c1-11(2)13(9-15-3)14(16(4)5)12-7-8-17(6)10-12/h11-15H,7-10H2,1-6H3. The molecule has 0 amide bonds.